The lowest BCUT2D eigenvalue weighted by molar-refractivity contribution is -0.115. The summed E-state index contributed by atoms with van der Waals surface area (Å²) in [7, 11) is 1.69. The molecule has 0 radical (unpaired) electrons. The molecule has 0 aliphatic heterocycles. The monoisotopic (exact) mass is 516 g/mol. The van der Waals surface area contributed by atoms with Crippen molar-refractivity contribution in [2.75, 3.05) is 0 Å². The minimum atomic E-state index is -0.753. The molecular weight excluding hydrogens is 496 g/mol. The SMILES string of the molecule is Cc1cc(Br)c2c(c1)c(N=NC(=O)/C(=C/c1ccccc1)NC(=O)c1ccccc1)c(O)n2C. The highest BCUT2D eigenvalue weighted by atomic mass is 79.9. The largest absolute Gasteiger partial charge is 0.493 e. The van der Waals surface area contributed by atoms with Crippen LogP contribution in [0.3, 0.4) is 0 Å². The molecule has 0 saturated carbocycles. The maximum atomic E-state index is 13.0. The van der Waals surface area contributed by atoms with E-state index in [1.165, 1.54) is 6.08 Å². The Labute approximate surface area is 204 Å². The number of aromatic hydroxyl groups is 1. The summed E-state index contributed by atoms with van der Waals surface area (Å²) in [5, 5.41) is 21.8. The molecule has 34 heavy (non-hydrogen) atoms. The van der Waals surface area contributed by atoms with Crippen LogP contribution in [-0.2, 0) is 11.8 Å². The summed E-state index contributed by atoms with van der Waals surface area (Å²) in [4.78, 5) is 25.7. The molecule has 170 valence electrons. The third-order valence-electron chi connectivity index (χ3n) is 5.19. The number of nitrogens with zero attached hydrogens (tertiary/aromatic N) is 3. The molecule has 0 aliphatic rings. The van der Waals surface area contributed by atoms with Gasteiger partial charge in [-0.15, -0.1) is 10.2 Å². The summed E-state index contributed by atoms with van der Waals surface area (Å²) in [5.41, 5.74) is 2.92. The second-order valence-corrected chi connectivity index (χ2v) is 8.52. The van der Waals surface area contributed by atoms with E-state index in [1.807, 2.05) is 37.3 Å². The standard InChI is InChI=1S/C26H21BrN4O3/c1-16-13-19-22(26(34)31(2)23(19)20(27)14-16)29-30-25(33)21(15-17-9-5-3-6-10-17)28-24(32)18-11-7-4-8-12-18/h3-15,34H,1-2H3,(H,28,32)/b21-15-,30-29?. The van der Waals surface area contributed by atoms with Crippen molar-refractivity contribution in [1.29, 1.82) is 0 Å². The van der Waals surface area contributed by atoms with Crippen molar-refractivity contribution in [2.45, 2.75) is 6.92 Å². The van der Waals surface area contributed by atoms with Crippen LogP contribution < -0.4 is 5.32 Å². The van der Waals surface area contributed by atoms with E-state index < -0.39 is 11.8 Å². The van der Waals surface area contributed by atoms with Gasteiger partial charge in [-0.2, -0.15) is 0 Å². The van der Waals surface area contributed by atoms with Crippen LogP contribution >= 0.6 is 15.9 Å². The number of amides is 2. The quantitative estimate of drug-likeness (QED) is 0.250. The van der Waals surface area contributed by atoms with Gasteiger partial charge in [-0.3, -0.25) is 9.59 Å². The zero-order valence-corrected chi connectivity index (χ0v) is 20.1. The van der Waals surface area contributed by atoms with Gasteiger partial charge in [0, 0.05) is 22.5 Å². The number of fused-ring (bicyclic) bond motifs is 1. The van der Waals surface area contributed by atoms with E-state index >= 15 is 0 Å². The minimum absolute atomic E-state index is 0.0408. The van der Waals surface area contributed by atoms with E-state index in [1.54, 1.807) is 54.1 Å². The first-order valence-corrected chi connectivity index (χ1v) is 11.2. The molecule has 4 rings (SSSR count). The van der Waals surface area contributed by atoms with E-state index in [4.69, 9.17) is 0 Å². The predicted octanol–water partition coefficient (Wildman–Crippen LogP) is 6.04. The van der Waals surface area contributed by atoms with Gasteiger partial charge in [-0.05, 0) is 64.3 Å². The zero-order chi connectivity index (χ0) is 24.2. The van der Waals surface area contributed by atoms with E-state index in [0.29, 0.717) is 16.5 Å². The summed E-state index contributed by atoms with van der Waals surface area (Å²) in [6.07, 6.45) is 1.53. The Bertz CT molecular complexity index is 1440. The van der Waals surface area contributed by atoms with Crippen molar-refractivity contribution >= 4 is 50.4 Å². The lowest BCUT2D eigenvalue weighted by atomic mass is 10.1. The van der Waals surface area contributed by atoms with Crippen LogP contribution in [0, 0.1) is 6.92 Å². The number of rotatable bonds is 5. The number of halogens is 1. The molecule has 2 N–H and O–H groups in total. The number of carbonyl (C=O) groups is 2. The van der Waals surface area contributed by atoms with Crippen molar-refractivity contribution in [2.24, 2.45) is 17.3 Å². The summed E-state index contributed by atoms with van der Waals surface area (Å²) in [6, 6.07) is 21.5. The lowest BCUT2D eigenvalue weighted by Gasteiger charge is -2.07. The topological polar surface area (TPSA) is 96.1 Å². The van der Waals surface area contributed by atoms with Crippen LogP contribution in [0.2, 0.25) is 0 Å². The molecule has 2 amide bonds. The van der Waals surface area contributed by atoms with Crippen molar-refractivity contribution in [3.05, 3.63) is 99.7 Å². The van der Waals surface area contributed by atoms with Crippen LogP contribution in [0.5, 0.6) is 5.88 Å². The smallest absolute Gasteiger partial charge is 0.311 e. The number of nitrogens with one attached hydrogen (secondary N) is 1. The number of aromatic nitrogens is 1. The van der Waals surface area contributed by atoms with Crippen molar-refractivity contribution in [3.63, 3.8) is 0 Å². The van der Waals surface area contributed by atoms with Gasteiger partial charge in [-0.25, -0.2) is 0 Å². The van der Waals surface area contributed by atoms with Gasteiger partial charge in [0.05, 0.1) is 5.52 Å². The second kappa shape index (κ2) is 9.84. The number of azo groups is 1. The molecule has 0 spiro atoms. The van der Waals surface area contributed by atoms with Crippen LogP contribution in [0.25, 0.3) is 17.0 Å². The summed E-state index contributed by atoms with van der Waals surface area (Å²) in [5.74, 6) is -1.32. The van der Waals surface area contributed by atoms with Gasteiger partial charge in [0.25, 0.3) is 5.91 Å². The molecule has 0 atom stereocenters. The normalized spacial score (nSPS) is 11.8. The van der Waals surface area contributed by atoms with Gasteiger partial charge in [-0.1, -0.05) is 48.5 Å². The van der Waals surface area contributed by atoms with Gasteiger partial charge in [0.1, 0.15) is 5.70 Å². The highest BCUT2D eigenvalue weighted by Gasteiger charge is 2.19. The highest BCUT2D eigenvalue weighted by Crippen LogP contribution is 2.41. The van der Waals surface area contributed by atoms with Gasteiger partial charge < -0.3 is 15.0 Å². The first kappa shape index (κ1) is 23.1. The molecule has 0 fully saturated rings. The summed E-state index contributed by atoms with van der Waals surface area (Å²) < 4.78 is 2.35. The maximum absolute atomic E-state index is 13.0. The summed E-state index contributed by atoms with van der Waals surface area (Å²) >= 11 is 3.51. The first-order chi connectivity index (χ1) is 16.3. The molecule has 4 aromatic rings. The molecule has 1 heterocycles. The molecule has 0 unspecified atom stereocenters. The number of carbonyl (C=O) groups excluding carboxylic acids is 2. The van der Waals surface area contributed by atoms with Crippen LogP contribution in [0.15, 0.2) is 93.2 Å². The molecule has 7 nitrogen and oxygen atoms in total. The Kier molecular flexibility index (Phi) is 6.70. The fourth-order valence-electron chi connectivity index (χ4n) is 3.54. The molecule has 0 bridgehead atoms. The molecule has 8 heteroatoms. The molecule has 1 aromatic heterocycles. The van der Waals surface area contributed by atoms with E-state index in [0.717, 1.165) is 15.6 Å². The average molecular weight is 517 g/mol. The van der Waals surface area contributed by atoms with Crippen LogP contribution in [0.1, 0.15) is 21.5 Å². The van der Waals surface area contributed by atoms with Crippen LogP contribution in [-0.4, -0.2) is 21.5 Å². The fraction of sp³-hybridized carbons (Fsp3) is 0.0769. The molecule has 0 saturated heterocycles. The Morgan fingerprint density at radius 3 is 2.35 bits per heavy atom. The Morgan fingerprint density at radius 1 is 1.03 bits per heavy atom. The van der Waals surface area contributed by atoms with Crippen molar-refractivity contribution in [3.8, 4) is 5.88 Å². The average Bonchev–Trinajstić information content (AvgIpc) is 3.07. The molecule has 0 aliphatic carbocycles. The minimum Gasteiger partial charge on any atom is -0.493 e. The van der Waals surface area contributed by atoms with Gasteiger partial charge in [0.2, 0.25) is 5.88 Å². The van der Waals surface area contributed by atoms with Gasteiger partial charge in [0.15, 0.2) is 5.69 Å². The summed E-state index contributed by atoms with van der Waals surface area (Å²) in [6.45, 7) is 1.92. The number of benzene rings is 3. The lowest BCUT2D eigenvalue weighted by Crippen LogP contribution is -2.26. The van der Waals surface area contributed by atoms with Crippen LogP contribution in [0.4, 0.5) is 5.69 Å². The Balaban J connectivity index is 1.71. The third kappa shape index (κ3) is 4.82. The van der Waals surface area contributed by atoms with Gasteiger partial charge >= 0.3 is 5.91 Å². The number of hydrogen-bond acceptors (Lipinski definition) is 4. The van der Waals surface area contributed by atoms with Crippen molar-refractivity contribution in [1.82, 2.24) is 9.88 Å². The fourth-order valence-corrected chi connectivity index (χ4v) is 4.38. The Morgan fingerprint density at radius 2 is 1.68 bits per heavy atom. The number of hydrogen-bond donors (Lipinski definition) is 2. The molecule has 3 aromatic carbocycles. The van der Waals surface area contributed by atoms with Crippen molar-refractivity contribution < 1.29 is 14.7 Å². The first-order valence-electron chi connectivity index (χ1n) is 10.4. The highest BCUT2D eigenvalue weighted by molar-refractivity contribution is 9.10. The zero-order valence-electron chi connectivity index (χ0n) is 18.5. The maximum Gasteiger partial charge on any atom is 0.311 e. The third-order valence-corrected chi connectivity index (χ3v) is 5.80. The second-order valence-electron chi connectivity index (χ2n) is 7.67. The number of aryl methyl sites for hydroxylation is 2. The van der Waals surface area contributed by atoms with E-state index in [2.05, 4.69) is 31.5 Å². The Hall–Kier alpha value is -4.04. The predicted molar refractivity (Wildman–Crippen MR) is 135 cm³/mol. The molecular formula is C26H21BrN4O3. The van der Waals surface area contributed by atoms with E-state index in [9.17, 15) is 14.7 Å². The van der Waals surface area contributed by atoms with E-state index in [-0.39, 0.29) is 17.3 Å².